The number of aliphatic carboxylic acids is 1. The SMILES string of the molecule is Cc1ccccc1C(=O)N(CCC(C)C)CC(C)C(=O)O. The number of benzene rings is 1. The van der Waals surface area contributed by atoms with E-state index in [-0.39, 0.29) is 12.5 Å². The van der Waals surface area contributed by atoms with Crippen molar-refractivity contribution in [3.8, 4) is 0 Å². The van der Waals surface area contributed by atoms with Crippen molar-refractivity contribution in [2.45, 2.75) is 34.1 Å². The molecule has 4 heteroatoms. The Morgan fingerprint density at radius 3 is 2.33 bits per heavy atom. The molecule has 116 valence electrons. The number of amides is 1. The normalized spacial score (nSPS) is 12.2. The van der Waals surface area contributed by atoms with Gasteiger partial charge in [-0.15, -0.1) is 0 Å². The standard InChI is InChI=1S/C17H25NO3/c1-12(2)9-10-18(11-14(4)17(20)21)16(19)15-8-6-5-7-13(15)3/h5-8,12,14H,9-11H2,1-4H3,(H,20,21). The Morgan fingerprint density at radius 2 is 1.81 bits per heavy atom. The van der Waals surface area contributed by atoms with Gasteiger partial charge in [0, 0.05) is 18.7 Å². The summed E-state index contributed by atoms with van der Waals surface area (Å²) in [5.74, 6) is -1.05. The van der Waals surface area contributed by atoms with Crippen LogP contribution in [-0.4, -0.2) is 35.0 Å². The molecule has 1 aromatic carbocycles. The molecule has 1 amide bonds. The molecule has 0 spiro atoms. The van der Waals surface area contributed by atoms with Crippen LogP contribution in [0.25, 0.3) is 0 Å². The topological polar surface area (TPSA) is 57.6 Å². The molecule has 0 aliphatic carbocycles. The quantitative estimate of drug-likeness (QED) is 0.839. The van der Waals surface area contributed by atoms with Crippen molar-refractivity contribution >= 4 is 11.9 Å². The zero-order valence-electron chi connectivity index (χ0n) is 13.3. The van der Waals surface area contributed by atoms with E-state index in [1.807, 2.05) is 25.1 Å². The minimum atomic E-state index is -0.873. The van der Waals surface area contributed by atoms with E-state index in [0.29, 0.717) is 18.0 Å². The lowest BCUT2D eigenvalue weighted by Gasteiger charge is -2.26. The molecule has 0 aromatic heterocycles. The molecule has 0 bridgehead atoms. The van der Waals surface area contributed by atoms with Gasteiger partial charge in [0.05, 0.1) is 5.92 Å². The number of hydrogen-bond acceptors (Lipinski definition) is 2. The zero-order valence-corrected chi connectivity index (χ0v) is 13.3. The van der Waals surface area contributed by atoms with Crippen molar-refractivity contribution in [2.75, 3.05) is 13.1 Å². The Hall–Kier alpha value is -1.84. The van der Waals surface area contributed by atoms with Crippen molar-refractivity contribution in [2.24, 2.45) is 11.8 Å². The third kappa shape index (κ3) is 5.21. The maximum Gasteiger partial charge on any atom is 0.308 e. The number of aryl methyl sites for hydroxylation is 1. The molecule has 0 aliphatic heterocycles. The summed E-state index contributed by atoms with van der Waals surface area (Å²) < 4.78 is 0. The molecule has 1 unspecified atom stereocenters. The Morgan fingerprint density at radius 1 is 1.19 bits per heavy atom. The minimum absolute atomic E-state index is 0.0816. The smallest absolute Gasteiger partial charge is 0.308 e. The first-order valence-corrected chi connectivity index (χ1v) is 7.40. The molecule has 0 saturated heterocycles. The summed E-state index contributed by atoms with van der Waals surface area (Å²) in [4.78, 5) is 25.4. The highest BCUT2D eigenvalue weighted by molar-refractivity contribution is 5.95. The first-order valence-electron chi connectivity index (χ1n) is 7.40. The molecule has 1 rings (SSSR count). The van der Waals surface area contributed by atoms with E-state index in [1.54, 1.807) is 17.9 Å². The maximum absolute atomic E-state index is 12.7. The molecule has 0 aliphatic rings. The lowest BCUT2D eigenvalue weighted by molar-refractivity contribution is -0.141. The van der Waals surface area contributed by atoms with Crippen molar-refractivity contribution in [1.82, 2.24) is 4.90 Å². The fourth-order valence-corrected chi connectivity index (χ4v) is 2.08. The van der Waals surface area contributed by atoms with E-state index in [2.05, 4.69) is 13.8 Å². The van der Waals surface area contributed by atoms with Gasteiger partial charge in [-0.25, -0.2) is 0 Å². The average molecular weight is 291 g/mol. The third-order valence-corrected chi connectivity index (χ3v) is 3.55. The number of carboxylic acid groups (broad SMARTS) is 1. The van der Waals surface area contributed by atoms with Gasteiger partial charge >= 0.3 is 5.97 Å². The van der Waals surface area contributed by atoms with Crippen molar-refractivity contribution in [1.29, 1.82) is 0 Å². The molecule has 0 fully saturated rings. The van der Waals surface area contributed by atoms with Crippen LogP contribution in [0.2, 0.25) is 0 Å². The second-order valence-electron chi connectivity index (χ2n) is 5.99. The molecule has 1 atom stereocenters. The van der Waals surface area contributed by atoms with Crippen LogP contribution < -0.4 is 0 Å². The highest BCUT2D eigenvalue weighted by atomic mass is 16.4. The number of carbonyl (C=O) groups excluding carboxylic acids is 1. The average Bonchev–Trinajstić information content (AvgIpc) is 2.42. The lowest BCUT2D eigenvalue weighted by Crippen LogP contribution is -2.38. The Balaban J connectivity index is 2.91. The van der Waals surface area contributed by atoms with Crippen LogP contribution in [0.1, 0.15) is 43.1 Å². The molecular weight excluding hydrogens is 266 g/mol. The highest BCUT2D eigenvalue weighted by Gasteiger charge is 2.22. The van der Waals surface area contributed by atoms with E-state index >= 15 is 0 Å². The fourth-order valence-electron chi connectivity index (χ4n) is 2.08. The first-order chi connectivity index (χ1) is 9.82. The van der Waals surface area contributed by atoms with E-state index in [0.717, 1.165) is 12.0 Å². The number of rotatable bonds is 7. The van der Waals surface area contributed by atoms with Gasteiger partial charge in [-0.2, -0.15) is 0 Å². The third-order valence-electron chi connectivity index (χ3n) is 3.55. The van der Waals surface area contributed by atoms with Gasteiger partial charge in [0.1, 0.15) is 0 Å². The molecule has 1 aromatic rings. The van der Waals surface area contributed by atoms with Crippen LogP contribution in [0.4, 0.5) is 0 Å². The van der Waals surface area contributed by atoms with E-state index in [1.165, 1.54) is 0 Å². The molecule has 4 nitrogen and oxygen atoms in total. The van der Waals surface area contributed by atoms with Crippen LogP contribution in [0, 0.1) is 18.8 Å². The number of nitrogens with zero attached hydrogens (tertiary/aromatic N) is 1. The molecule has 21 heavy (non-hydrogen) atoms. The highest BCUT2D eigenvalue weighted by Crippen LogP contribution is 2.14. The maximum atomic E-state index is 12.7. The molecule has 0 saturated carbocycles. The summed E-state index contributed by atoms with van der Waals surface area (Å²) in [5.41, 5.74) is 1.57. The van der Waals surface area contributed by atoms with Gasteiger partial charge in [0.2, 0.25) is 0 Å². The molecule has 1 N–H and O–H groups in total. The fraction of sp³-hybridized carbons (Fsp3) is 0.529. The Bertz CT molecular complexity index is 497. The van der Waals surface area contributed by atoms with Crippen molar-refractivity contribution in [3.05, 3.63) is 35.4 Å². The second kappa shape index (κ2) is 7.81. The monoisotopic (exact) mass is 291 g/mol. The Kier molecular flexibility index (Phi) is 6.40. The summed E-state index contributed by atoms with van der Waals surface area (Å²) in [6.45, 7) is 8.55. The van der Waals surface area contributed by atoms with E-state index in [4.69, 9.17) is 5.11 Å². The van der Waals surface area contributed by atoms with E-state index in [9.17, 15) is 9.59 Å². The van der Waals surface area contributed by atoms with Gasteiger partial charge in [-0.05, 0) is 30.9 Å². The summed E-state index contributed by atoms with van der Waals surface area (Å²) in [6, 6.07) is 7.42. The summed E-state index contributed by atoms with van der Waals surface area (Å²) in [6.07, 6.45) is 0.865. The Labute approximate surface area is 126 Å². The lowest BCUT2D eigenvalue weighted by atomic mass is 10.0. The number of carbonyl (C=O) groups is 2. The molecule has 0 heterocycles. The van der Waals surface area contributed by atoms with Gasteiger partial charge in [-0.1, -0.05) is 39.0 Å². The number of carboxylic acids is 1. The van der Waals surface area contributed by atoms with Crippen LogP contribution in [-0.2, 0) is 4.79 Å². The molecule has 0 radical (unpaired) electrons. The van der Waals surface area contributed by atoms with Gasteiger partial charge in [-0.3, -0.25) is 9.59 Å². The second-order valence-corrected chi connectivity index (χ2v) is 5.99. The summed E-state index contributed by atoms with van der Waals surface area (Å²) in [5, 5.41) is 9.08. The van der Waals surface area contributed by atoms with Crippen LogP contribution in [0.3, 0.4) is 0 Å². The van der Waals surface area contributed by atoms with Crippen molar-refractivity contribution < 1.29 is 14.7 Å². The molecular formula is C17H25NO3. The summed E-state index contributed by atoms with van der Waals surface area (Å²) in [7, 11) is 0. The van der Waals surface area contributed by atoms with Gasteiger partial charge in [0.25, 0.3) is 5.91 Å². The van der Waals surface area contributed by atoms with Crippen molar-refractivity contribution in [3.63, 3.8) is 0 Å². The van der Waals surface area contributed by atoms with Crippen LogP contribution in [0.5, 0.6) is 0 Å². The predicted octanol–water partition coefficient (Wildman–Crippen LogP) is 3.20. The van der Waals surface area contributed by atoms with Gasteiger partial charge in [0.15, 0.2) is 0 Å². The van der Waals surface area contributed by atoms with Crippen LogP contribution in [0.15, 0.2) is 24.3 Å². The van der Waals surface area contributed by atoms with Crippen LogP contribution >= 0.6 is 0 Å². The zero-order chi connectivity index (χ0) is 16.0. The number of hydrogen-bond donors (Lipinski definition) is 1. The first kappa shape index (κ1) is 17.2. The van der Waals surface area contributed by atoms with Gasteiger partial charge < -0.3 is 10.0 Å². The largest absolute Gasteiger partial charge is 0.481 e. The predicted molar refractivity (Wildman–Crippen MR) is 83.3 cm³/mol. The van der Waals surface area contributed by atoms with E-state index < -0.39 is 11.9 Å². The minimum Gasteiger partial charge on any atom is -0.481 e. The summed E-state index contributed by atoms with van der Waals surface area (Å²) >= 11 is 0.